The summed E-state index contributed by atoms with van der Waals surface area (Å²) >= 11 is 0. The second kappa shape index (κ2) is 5.97. The van der Waals surface area contributed by atoms with Crippen LogP contribution >= 0.6 is 0 Å². The van der Waals surface area contributed by atoms with Gasteiger partial charge in [-0.1, -0.05) is 18.2 Å². The summed E-state index contributed by atoms with van der Waals surface area (Å²) in [4.78, 5) is 11.6. The van der Waals surface area contributed by atoms with E-state index in [-0.39, 0.29) is 11.9 Å². The van der Waals surface area contributed by atoms with Crippen molar-refractivity contribution in [2.24, 2.45) is 0 Å². The lowest BCUT2D eigenvalue weighted by molar-refractivity contribution is -0.272. The molecule has 1 aliphatic rings. The third kappa shape index (κ3) is 4.73. The van der Waals surface area contributed by atoms with E-state index < -0.39 is 5.79 Å². The SMILES string of the molecule is C/C=C/C=C/C(=O)C[C@@H]1CCOC(C)(C)O1. The Morgan fingerprint density at radius 2 is 2.19 bits per heavy atom. The number of carbonyl (C=O) groups excluding carboxylic acids is 1. The smallest absolute Gasteiger partial charge is 0.163 e. The quantitative estimate of drug-likeness (QED) is 0.544. The Balaban J connectivity index is 2.39. The fraction of sp³-hybridized carbons (Fsp3) is 0.615. The van der Waals surface area contributed by atoms with E-state index in [4.69, 9.17) is 9.47 Å². The first-order chi connectivity index (χ1) is 7.53. The standard InChI is InChI=1S/C13H20O3/c1-4-5-6-7-11(14)10-12-8-9-15-13(2,3)16-12/h4-7,12H,8-10H2,1-3H3/b5-4+,7-6+/t12-/m0/s1. The van der Waals surface area contributed by atoms with E-state index in [0.29, 0.717) is 13.0 Å². The van der Waals surface area contributed by atoms with Crippen LogP contribution in [0.15, 0.2) is 24.3 Å². The van der Waals surface area contributed by atoms with Crippen LogP contribution in [0, 0.1) is 0 Å². The molecule has 0 unspecified atom stereocenters. The lowest BCUT2D eigenvalue weighted by Gasteiger charge is -2.35. The molecule has 90 valence electrons. The van der Waals surface area contributed by atoms with E-state index in [1.54, 1.807) is 12.2 Å². The minimum atomic E-state index is -0.559. The van der Waals surface area contributed by atoms with Crippen LogP contribution in [0.3, 0.4) is 0 Å². The monoisotopic (exact) mass is 224 g/mol. The Labute approximate surface area is 97.1 Å². The van der Waals surface area contributed by atoms with E-state index in [9.17, 15) is 4.79 Å². The minimum absolute atomic E-state index is 0.0218. The number of rotatable bonds is 4. The van der Waals surface area contributed by atoms with Crippen molar-refractivity contribution in [1.82, 2.24) is 0 Å². The number of hydrogen-bond donors (Lipinski definition) is 0. The van der Waals surface area contributed by atoms with Crippen LogP contribution in [0.25, 0.3) is 0 Å². The maximum atomic E-state index is 11.6. The minimum Gasteiger partial charge on any atom is -0.350 e. The van der Waals surface area contributed by atoms with Gasteiger partial charge in [0.15, 0.2) is 11.6 Å². The Morgan fingerprint density at radius 1 is 1.44 bits per heavy atom. The molecule has 1 aliphatic heterocycles. The van der Waals surface area contributed by atoms with Crippen LogP contribution < -0.4 is 0 Å². The summed E-state index contributed by atoms with van der Waals surface area (Å²) in [6.45, 7) is 6.32. The van der Waals surface area contributed by atoms with E-state index in [1.165, 1.54) is 0 Å². The molecule has 3 nitrogen and oxygen atoms in total. The molecule has 0 amide bonds. The molecule has 0 aromatic heterocycles. The molecule has 16 heavy (non-hydrogen) atoms. The fourth-order valence-corrected chi connectivity index (χ4v) is 1.64. The summed E-state index contributed by atoms with van der Waals surface area (Å²) in [5.74, 6) is -0.461. The molecule has 1 rings (SSSR count). The van der Waals surface area contributed by atoms with Gasteiger partial charge in [0.05, 0.1) is 12.7 Å². The third-order valence-electron chi connectivity index (χ3n) is 2.35. The lowest BCUT2D eigenvalue weighted by Crippen LogP contribution is -2.40. The highest BCUT2D eigenvalue weighted by atomic mass is 16.7. The van der Waals surface area contributed by atoms with Crippen LogP contribution in [-0.4, -0.2) is 24.3 Å². The number of ketones is 1. The van der Waals surface area contributed by atoms with E-state index in [2.05, 4.69) is 0 Å². The van der Waals surface area contributed by atoms with Crippen molar-refractivity contribution < 1.29 is 14.3 Å². The molecule has 0 radical (unpaired) electrons. The normalized spacial score (nSPS) is 25.3. The van der Waals surface area contributed by atoms with Gasteiger partial charge in [0.25, 0.3) is 0 Å². The van der Waals surface area contributed by atoms with E-state index in [1.807, 2.05) is 32.9 Å². The van der Waals surface area contributed by atoms with Gasteiger partial charge in [0, 0.05) is 6.42 Å². The first kappa shape index (κ1) is 13.1. The van der Waals surface area contributed by atoms with Gasteiger partial charge in [-0.2, -0.15) is 0 Å². The summed E-state index contributed by atoms with van der Waals surface area (Å²) < 4.78 is 11.1. The van der Waals surface area contributed by atoms with Gasteiger partial charge in [0.2, 0.25) is 0 Å². The molecule has 1 heterocycles. The summed E-state index contributed by atoms with van der Waals surface area (Å²) in [5, 5.41) is 0. The molecular weight excluding hydrogens is 204 g/mol. The summed E-state index contributed by atoms with van der Waals surface area (Å²) in [5.41, 5.74) is 0. The van der Waals surface area contributed by atoms with Crippen molar-refractivity contribution in [3.05, 3.63) is 24.3 Å². The molecule has 3 heteroatoms. The maximum Gasteiger partial charge on any atom is 0.163 e. The van der Waals surface area contributed by atoms with Crippen molar-refractivity contribution in [2.75, 3.05) is 6.61 Å². The molecule has 1 saturated heterocycles. The fourth-order valence-electron chi connectivity index (χ4n) is 1.64. The molecule has 1 atom stereocenters. The Bertz CT molecular complexity index is 290. The number of ether oxygens (including phenoxy) is 2. The molecule has 0 aromatic carbocycles. The molecular formula is C13H20O3. The van der Waals surface area contributed by atoms with Gasteiger partial charge < -0.3 is 9.47 Å². The molecule has 0 aliphatic carbocycles. The molecule has 0 spiro atoms. The average Bonchev–Trinajstić information content (AvgIpc) is 2.16. The van der Waals surface area contributed by atoms with E-state index in [0.717, 1.165) is 6.42 Å². The third-order valence-corrected chi connectivity index (χ3v) is 2.35. The summed E-state index contributed by atoms with van der Waals surface area (Å²) in [6, 6.07) is 0. The second-order valence-corrected chi connectivity index (χ2v) is 4.33. The topological polar surface area (TPSA) is 35.5 Å². The lowest BCUT2D eigenvalue weighted by atomic mass is 10.1. The van der Waals surface area contributed by atoms with Crippen LogP contribution in [0.4, 0.5) is 0 Å². The van der Waals surface area contributed by atoms with Crippen LogP contribution in [0.1, 0.15) is 33.6 Å². The summed E-state index contributed by atoms with van der Waals surface area (Å²) in [6.07, 6.45) is 8.27. The summed E-state index contributed by atoms with van der Waals surface area (Å²) in [7, 11) is 0. The van der Waals surface area contributed by atoms with Gasteiger partial charge in [0.1, 0.15) is 0 Å². The zero-order valence-electron chi connectivity index (χ0n) is 10.2. The van der Waals surface area contributed by atoms with Crippen molar-refractivity contribution in [3.63, 3.8) is 0 Å². The predicted molar refractivity (Wildman–Crippen MR) is 63.1 cm³/mol. The van der Waals surface area contributed by atoms with Crippen molar-refractivity contribution in [3.8, 4) is 0 Å². The zero-order valence-corrected chi connectivity index (χ0v) is 10.2. The first-order valence-electron chi connectivity index (χ1n) is 5.67. The number of carbonyl (C=O) groups is 1. The molecule has 0 N–H and O–H groups in total. The van der Waals surface area contributed by atoms with Gasteiger partial charge in [-0.25, -0.2) is 0 Å². The molecule has 0 aromatic rings. The average molecular weight is 224 g/mol. The highest BCUT2D eigenvalue weighted by Crippen LogP contribution is 2.23. The molecule has 0 bridgehead atoms. The van der Waals surface area contributed by atoms with Gasteiger partial charge in [-0.15, -0.1) is 0 Å². The Morgan fingerprint density at radius 3 is 2.81 bits per heavy atom. The zero-order chi connectivity index (χ0) is 12.0. The predicted octanol–water partition coefficient (Wildman–Crippen LogP) is 2.62. The largest absolute Gasteiger partial charge is 0.350 e. The van der Waals surface area contributed by atoms with Gasteiger partial charge in [-0.05, 0) is 33.3 Å². The van der Waals surface area contributed by atoms with Crippen molar-refractivity contribution in [2.45, 2.75) is 45.5 Å². The Kier molecular flexibility index (Phi) is 4.90. The number of hydrogen-bond acceptors (Lipinski definition) is 3. The van der Waals surface area contributed by atoms with Crippen molar-refractivity contribution >= 4 is 5.78 Å². The van der Waals surface area contributed by atoms with Crippen LogP contribution in [-0.2, 0) is 14.3 Å². The van der Waals surface area contributed by atoms with Crippen LogP contribution in [0.2, 0.25) is 0 Å². The molecule has 0 saturated carbocycles. The first-order valence-corrected chi connectivity index (χ1v) is 5.67. The van der Waals surface area contributed by atoms with E-state index >= 15 is 0 Å². The number of allylic oxidation sites excluding steroid dienone is 4. The highest BCUT2D eigenvalue weighted by molar-refractivity contribution is 5.90. The maximum absolute atomic E-state index is 11.6. The molecule has 1 fully saturated rings. The van der Waals surface area contributed by atoms with Gasteiger partial charge in [-0.3, -0.25) is 4.79 Å². The van der Waals surface area contributed by atoms with Crippen LogP contribution in [0.5, 0.6) is 0 Å². The van der Waals surface area contributed by atoms with Gasteiger partial charge >= 0.3 is 0 Å². The highest BCUT2D eigenvalue weighted by Gasteiger charge is 2.29. The second-order valence-electron chi connectivity index (χ2n) is 4.33. The Hall–Kier alpha value is -0.930. The van der Waals surface area contributed by atoms with Crippen molar-refractivity contribution in [1.29, 1.82) is 0 Å².